The van der Waals surface area contributed by atoms with Crippen molar-refractivity contribution in [3.05, 3.63) is 42.0 Å². The molecule has 2 aromatic rings. The smallest absolute Gasteiger partial charge is 0.0443 e. The van der Waals surface area contributed by atoms with Crippen molar-refractivity contribution in [2.24, 2.45) is 11.7 Å². The van der Waals surface area contributed by atoms with Crippen LogP contribution in [0.25, 0.3) is 10.8 Å². The summed E-state index contributed by atoms with van der Waals surface area (Å²) in [7, 11) is 2.20. The van der Waals surface area contributed by atoms with Gasteiger partial charge in [0.25, 0.3) is 0 Å². The quantitative estimate of drug-likeness (QED) is 0.889. The van der Waals surface area contributed by atoms with Crippen molar-refractivity contribution in [3.8, 4) is 0 Å². The van der Waals surface area contributed by atoms with Gasteiger partial charge in [0.05, 0.1) is 0 Å². The maximum atomic E-state index is 5.82. The van der Waals surface area contributed by atoms with Crippen LogP contribution < -0.4 is 10.6 Å². The van der Waals surface area contributed by atoms with Gasteiger partial charge in [-0.15, -0.1) is 0 Å². The number of anilines is 1. The molecule has 0 unspecified atom stereocenters. The van der Waals surface area contributed by atoms with Crippen LogP contribution >= 0.6 is 0 Å². The largest absolute Gasteiger partial charge is 0.374 e. The second-order valence-electron chi connectivity index (χ2n) is 5.32. The van der Waals surface area contributed by atoms with Crippen LogP contribution in [0.1, 0.15) is 18.4 Å². The summed E-state index contributed by atoms with van der Waals surface area (Å²) in [5, 5.41) is 2.61. The standard InChI is InChI=1S/C16H20N2/c1-18(11-12-6-7-12)16-9-8-13(10-17)14-4-2-3-5-15(14)16/h2-5,8-9,12H,6-7,10-11,17H2,1H3. The first-order valence-electron chi connectivity index (χ1n) is 6.71. The molecule has 2 heteroatoms. The number of nitrogens with two attached hydrogens (primary N) is 1. The van der Waals surface area contributed by atoms with Crippen LogP contribution in [0.2, 0.25) is 0 Å². The lowest BCUT2D eigenvalue weighted by atomic mass is 10.0. The topological polar surface area (TPSA) is 29.3 Å². The van der Waals surface area contributed by atoms with Crippen LogP contribution in [0.5, 0.6) is 0 Å². The monoisotopic (exact) mass is 240 g/mol. The van der Waals surface area contributed by atoms with E-state index in [9.17, 15) is 0 Å². The number of rotatable bonds is 4. The lowest BCUT2D eigenvalue weighted by Crippen LogP contribution is -2.20. The Morgan fingerprint density at radius 3 is 2.50 bits per heavy atom. The van der Waals surface area contributed by atoms with Crippen molar-refractivity contribution in [2.45, 2.75) is 19.4 Å². The molecule has 0 saturated heterocycles. The third kappa shape index (κ3) is 2.08. The fourth-order valence-electron chi connectivity index (χ4n) is 2.64. The number of nitrogens with zero attached hydrogens (tertiary/aromatic N) is 1. The van der Waals surface area contributed by atoms with Gasteiger partial charge in [0.15, 0.2) is 0 Å². The normalized spacial score (nSPS) is 15.0. The summed E-state index contributed by atoms with van der Waals surface area (Å²) in [6, 6.07) is 13.0. The first-order chi connectivity index (χ1) is 8.79. The first-order valence-corrected chi connectivity index (χ1v) is 6.71. The van der Waals surface area contributed by atoms with Crippen LogP contribution in [0, 0.1) is 5.92 Å². The predicted molar refractivity (Wildman–Crippen MR) is 77.8 cm³/mol. The summed E-state index contributed by atoms with van der Waals surface area (Å²) >= 11 is 0. The van der Waals surface area contributed by atoms with E-state index < -0.39 is 0 Å². The number of benzene rings is 2. The molecule has 1 fully saturated rings. The summed E-state index contributed by atoms with van der Waals surface area (Å²) < 4.78 is 0. The highest BCUT2D eigenvalue weighted by Gasteiger charge is 2.23. The Balaban J connectivity index is 2.05. The SMILES string of the molecule is CN(CC1CC1)c1ccc(CN)c2ccccc12. The summed E-state index contributed by atoms with van der Waals surface area (Å²) in [5.41, 5.74) is 8.38. The van der Waals surface area contributed by atoms with E-state index in [1.165, 1.54) is 41.4 Å². The van der Waals surface area contributed by atoms with Crippen LogP contribution in [0.3, 0.4) is 0 Å². The zero-order valence-electron chi connectivity index (χ0n) is 10.9. The minimum absolute atomic E-state index is 0.604. The summed E-state index contributed by atoms with van der Waals surface area (Å²) in [5.74, 6) is 0.906. The molecular weight excluding hydrogens is 220 g/mol. The zero-order chi connectivity index (χ0) is 12.5. The Morgan fingerprint density at radius 2 is 1.83 bits per heavy atom. The van der Waals surface area contributed by atoms with Crippen LogP contribution in [0.4, 0.5) is 5.69 Å². The summed E-state index contributed by atoms with van der Waals surface area (Å²) in [6.45, 7) is 1.78. The summed E-state index contributed by atoms with van der Waals surface area (Å²) in [4.78, 5) is 2.39. The van der Waals surface area contributed by atoms with Crippen LogP contribution in [-0.2, 0) is 6.54 Å². The fraction of sp³-hybridized carbons (Fsp3) is 0.375. The van der Waals surface area contributed by atoms with Crippen molar-refractivity contribution in [3.63, 3.8) is 0 Å². The third-order valence-electron chi connectivity index (χ3n) is 3.85. The first kappa shape index (κ1) is 11.5. The molecule has 2 aromatic carbocycles. The second-order valence-corrected chi connectivity index (χ2v) is 5.32. The van der Waals surface area contributed by atoms with Crippen LogP contribution in [-0.4, -0.2) is 13.6 Å². The van der Waals surface area contributed by atoms with Gasteiger partial charge in [-0.3, -0.25) is 0 Å². The molecule has 0 bridgehead atoms. The Hall–Kier alpha value is -1.54. The average molecular weight is 240 g/mol. The fourth-order valence-corrected chi connectivity index (χ4v) is 2.64. The molecule has 1 aliphatic rings. The van der Waals surface area contributed by atoms with Gasteiger partial charge in [-0.25, -0.2) is 0 Å². The molecule has 0 aliphatic heterocycles. The van der Waals surface area contributed by atoms with Gasteiger partial charge in [0.2, 0.25) is 0 Å². The molecule has 3 rings (SSSR count). The van der Waals surface area contributed by atoms with E-state index in [1.54, 1.807) is 0 Å². The third-order valence-corrected chi connectivity index (χ3v) is 3.85. The van der Waals surface area contributed by atoms with E-state index >= 15 is 0 Å². The Labute approximate surface area is 108 Å². The predicted octanol–water partition coefficient (Wildman–Crippen LogP) is 3.14. The van der Waals surface area contributed by atoms with Gasteiger partial charge < -0.3 is 10.6 Å². The van der Waals surface area contributed by atoms with Crippen LogP contribution in [0.15, 0.2) is 36.4 Å². The van der Waals surface area contributed by atoms with Crippen molar-refractivity contribution in [1.82, 2.24) is 0 Å². The van der Waals surface area contributed by atoms with Crippen molar-refractivity contribution < 1.29 is 0 Å². The Morgan fingerprint density at radius 1 is 1.11 bits per heavy atom. The summed E-state index contributed by atoms with van der Waals surface area (Å²) in [6.07, 6.45) is 2.78. The van der Waals surface area contributed by atoms with Crippen molar-refractivity contribution in [2.75, 3.05) is 18.5 Å². The molecule has 0 aromatic heterocycles. The average Bonchev–Trinajstić information content (AvgIpc) is 3.21. The molecule has 0 spiro atoms. The molecule has 94 valence electrons. The number of fused-ring (bicyclic) bond motifs is 1. The highest BCUT2D eigenvalue weighted by molar-refractivity contribution is 5.96. The molecule has 2 N–H and O–H groups in total. The zero-order valence-corrected chi connectivity index (χ0v) is 10.9. The van der Waals surface area contributed by atoms with Gasteiger partial charge in [0, 0.05) is 31.2 Å². The van der Waals surface area contributed by atoms with E-state index in [0.29, 0.717) is 6.54 Å². The van der Waals surface area contributed by atoms with E-state index in [1.807, 2.05) is 0 Å². The van der Waals surface area contributed by atoms with Crippen molar-refractivity contribution >= 4 is 16.5 Å². The molecule has 0 atom stereocenters. The van der Waals surface area contributed by atoms with Crippen molar-refractivity contribution in [1.29, 1.82) is 0 Å². The van der Waals surface area contributed by atoms with Gasteiger partial charge in [-0.05, 0) is 35.8 Å². The van der Waals surface area contributed by atoms with Gasteiger partial charge in [-0.1, -0.05) is 30.3 Å². The molecule has 1 aliphatic carbocycles. The maximum Gasteiger partial charge on any atom is 0.0443 e. The molecule has 0 amide bonds. The second kappa shape index (κ2) is 4.62. The number of hydrogen-bond acceptors (Lipinski definition) is 2. The lowest BCUT2D eigenvalue weighted by Gasteiger charge is -2.22. The highest BCUT2D eigenvalue weighted by Crippen LogP contribution is 2.34. The van der Waals surface area contributed by atoms with E-state index in [2.05, 4.69) is 48.3 Å². The maximum absolute atomic E-state index is 5.82. The molecule has 0 radical (unpaired) electrons. The van der Waals surface area contributed by atoms with E-state index in [4.69, 9.17) is 5.73 Å². The molecule has 18 heavy (non-hydrogen) atoms. The Bertz CT molecular complexity index is 558. The number of hydrogen-bond donors (Lipinski definition) is 1. The van der Waals surface area contributed by atoms with Gasteiger partial charge >= 0.3 is 0 Å². The minimum Gasteiger partial charge on any atom is -0.374 e. The van der Waals surface area contributed by atoms with E-state index in [0.717, 1.165) is 5.92 Å². The Kier molecular flexibility index (Phi) is 2.96. The minimum atomic E-state index is 0.604. The van der Waals surface area contributed by atoms with Gasteiger partial charge in [-0.2, -0.15) is 0 Å². The lowest BCUT2D eigenvalue weighted by molar-refractivity contribution is 0.789. The van der Waals surface area contributed by atoms with E-state index in [-0.39, 0.29) is 0 Å². The van der Waals surface area contributed by atoms with Gasteiger partial charge in [0.1, 0.15) is 0 Å². The molecule has 1 saturated carbocycles. The molecule has 0 heterocycles. The molecule has 2 nitrogen and oxygen atoms in total. The molecular formula is C16H20N2. The highest BCUT2D eigenvalue weighted by atomic mass is 15.1.